The minimum absolute atomic E-state index is 0.0550. The molecule has 1 aromatic rings. The maximum Gasteiger partial charge on any atom is 0.307 e. The third kappa shape index (κ3) is 6.28. The van der Waals surface area contributed by atoms with Gasteiger partial charge in [-0.25, -0.2) is 8.42 Å². The predicted octanol–water partition coefficient (Wildman–Crippen LogP) is 3.06. The molecule has 7 heteroatoms. The molecule has 0 aliphatic heterocycles. The van der Waals surface area contributed by atoms with E-state index in [0.717, 1.165) is 12.8 Å². The molecule has 0 radical (unpaired) electrons. The Hall–Kier alpha value is -1.11. The van der Waals surface area contributed by atoms with E-state index in [4.69, 9.17) is 16.3 Å². The first-order valence-corrected chi connectivity index (χ1v) is 10.7. The van der Waals surface area contributed by atoms with E-state index in [1.807, 2.05) is 19.0 Å². The van der Waals surface area contributed by atoms with Gasteiger partial charge >= 0.3 is 5.97 Å². The van der Waals surface area contributed by atoms with Gasteiger partial charge in [0.05, 0.1) is 17.4 Å². The number of benzene rings is 1. The van der Waals surface area contributed by atoms with Crippen LogP contribution in [-0.4, -0.2) is 51.3 Å². The van der Waals surface area contributed by atoms with Crippen molar-refractivity contribution in [2.45, 2.75) is 49.2 Å². The van der Waals surface area contributed by atoms with E-state index in [2.05, 4.69) is 0 Å². The van der Waals surface area contributed by atoms with Crippen LogP contribution < -0.4 is 0 Å². The van der Waals surface area contributed by atoms with Crippen LogP contribution in [-0.2, 0) is 25.1 Å². The van der Waals surface area contributed by atoms with Crippen LogP contribution >= 0.6 is 11.6 Å². The number of sulfone groups is 1. The highest BCUT2D eigenvalue weighted by molar-refractivity contribution is 7.91. The molecule has 1 aromatic carbocycles. The molecule has 0 bridgehead atoms. The summed E-state index contributed by atoms with van der Waals surface area (Å²) in [5, 5.41) is -0.0493. The Labute approximate surface area is 155 Å². The summed E-state index contributed by atoms with van der Waals surface area (Å²) in [6.45, 7) is 0.591. The molecule has 5 nitrogen and oxygen atoms in total. The van der Waals surface area contributed by atoms with Crippen molar-refractivity contribution in [3.8, 4) is 0 Å². The standard InChI is InChI=1S/C18H26ClNO4S/c1-20(2)12-11-18(21)24-16-5-3-4-6-17(16)25(22,23)13-14-7-9-15(19)10-8-14/h7-10,16-17H,3-6,11-13H2,1-2H3. The highest BCUT2D eigenvalue weighted by Gasteiger charge is 2.37. The fourth-order valence-electron chi connectivity index (χ4n) is 3.07. The molecule has 0 spiro atoms. The van der Waals surface area contributed by atoms with E-state index in [1.165, 1.54) is 0 Å². The van der Waals surface area contributed by atoms with Crippen molar-refractivity contribution in [1.29, 1.82) is 0 Å². The number of carbonyl (C=O) groups is 1. The van der Waals surface area contributed by atoms with E-state index in [1.54, 1.807) is 24.3 Å². The molecule has 2 atom stereocenters. The van der Waals surface area contributed by atoms with Gasteiger partial charge in [-0.15, -0.1) is 0 Å². The van der Waals surface area contributed by atoms with Gasteiger partial charge in [0.1, 0.15) is 6.10 Å². The number of rotatable bonds is 7. The molecular formula is C18H26ClNO4S. The molecule has 2 unspecified atom stereocenters. The third-order valence-corrected chi connectivity index (χ3v) is 6.88. The molecular weight excluding hydrogens is 362 g/mol. The van der Waals surface area contributed by atoms with Crippen LogP contribution in [0.15, 0.2) is 24.3 Å². The molecule has 2 rings (SSSR count). The molecule has 0 heterocycles. The van der Waals surface area contributed by atoms with Gasteiger partial charge in [-0.05, 0) is 51.1 Å². The summed E-state index contributed by atoms with van der Waals surface area (Å²) in [5.74, 6) is -0.382. The molecule has 25 heavy (non-hydrogen) atoms. The second kappa shape index (κ2) is 9.01. The summed E-state index contributed by atoms with van der Waals surface area (Å²) in [6, 6.07) is 6.82. The van der Waals surface area contributed by atoms with Crippen molar-refractivity contribution in [2.24, 2.45) is 0 Å². The topological polar surface area (TPSA) is 63.7 Å². The number of nitrogens with zero attached hydrogens (tertiary/aromatic N) is 1. The van der Waals surface area contributed by atoms with Gasteiger partial charge in [-0.3, -0.25) is 4.79 Å². The molecule has 1 fully saturated rings. The molecule has 1 aliphatic rings. The van der Waals surface area contributed by atoms with Gasteiger partial charge in [-0.1, -0.05) is 30.2 Å². The van der Waals surface area contributed by atoms with Crippen LogP contribution in [0.25, 0.3) is 0 Å². The van der Waals surface area contributed by atoms with E-state index in [9.17, 15) is 13.2 Å². The molecule has 0 aromatic heterocycles. The number of hydrogen-bond donors (Lipinski definition) is 0. The van der Waals surface area contributed by atoms with Gasteiger partial charge in [0.25, 0.3) is 0 Å². The quantitative estimate of drug-likeness (QED) is 0.673. The zero-order valence-electron chi connectivity index (χ0n) is 14.8. The lowest BCUT2D eigenvalue weighted by Crippen LogP contribution is -2.40. The summed E-state index contributed by atoms with van der Waals surface area (Å²) in [6.07, 6.45) is 2.61. The van der Waals surface area contributed by atoms with E-state index >= 15 is 0 Å². The molecule has 1 saturated carbocycles. The number of halogens is 1. The van der Waals surface area contributed by atoms with Crippen LogP contribution in [0, 0.1) is 0 Å². The van der Waals surface area contributed by atoms with Crippen LogP contribution in [0.5, 0.6) is 0 Å². The molecule has 0 saturated heterocycles. The first kappa shape index (κ1) is 20.2. The first-order chi connectivity index (χ1) is 11.8. The summed E-state index contributed by atoms with van der Waals surface area (Å²) in [5.41, 5.74) is 0.702. The Morgan fingerprint density at radius 2 is 1.84 bits per heavy atom. The maximum atomic E-state index is 12.9. The van der Waals surface area contributed by atoms with Crippen LogP contribution in [0.4, 0.5) is 0 Å². The highest BCUT2D eigenvalue weighted by atomic mass is 35.5. The van der Waals surface area contributed by atoms with Crippen molar-refractivity contribution in [3.63, 3.8) is 0 Å². The number of hydrogen-bond acceptors (Lipinski definition) is 5. The largest absolute Gasteiger partial charge is 0.461 e. The Kier molecular flexibility index (Phi) is 7.28. The Balaban J connectivity index is 2.04. The summed E-state index contributed by atoms with van der Waals surface area (Å²) < 4.78 is 31.3. The van der Waals surface area contributed by atoms with Gasteiger partial charge in [0.15, 0.2) is 9.84 Å². The SMILES string of the molecule is CN(C)CCC(=O)OC1CCCCC1S(=O)(=O)Cc1ccc(Cl)cc1. The van der Waals surface area contributed by atoms with E-state index in [-0.39, 0.29) is 18.1 Å². The van der Waals surface area contributed by atoms with Gasteiger partial charge in [0.2, 0.25) is 0 Å². The summed E-state index contributed by atoms with van der Waals surface area (Å²) >= 11 is 5.85. The highest BCUT2D eigenvalue weighted by Crippen LogP contribution is 2.29. The summed E-state index contributed by atoms with van der Waals surface area (Å²) in [7, 11) is 0.358. The lowest BCUT2D eigenvalue weighted by molar-refractivity contribution is -0.150. The van der Waals surface area contributed by atoms with Gasteiger partial charge < -0.3 is 9.64 Å². The van der Waals surface area contributed by atoms with Crippen LogP contribution in [0.1, 0.15) is 37.7 Å². The molecule has 0 N–H and O–H groups in total. The predicted molar refractivity (Wildman–Crippen MR) is 99.4 cm³/mol. The third-order valence-electron chi connectivity index (χ3n) is 4.43. The average Bonchev–Trinajstić information content (AvgIpc) is 2.55. The Morgan fingerprint density at radius 3 is 2.48 bits per heavy atom. The fourth-order valence-corrected chi connectivity index (χ4v) is 5.25. The van der Waals surface area contributed by atoms with Gasteiger partial charge in [0, 0.05) is 11.6 Å². The Bertz CT molecular complexity index is 673. The zero-order chi connectivity index (χ0) is 18.4. The molecule has 140 valence electrons. The number of esters is 1. The smallest absolute Gasteiger partial charge is 0.307 e. The number of ether oxygens (including phenoxy) is 1. The van der Waals surface area contributed by atoms with Crippen LogP contribution in [0.2, 0.25) is 5.02 Å². The second-order valence-corrected chi connectivity index (χ2v) is 9.49. The Morgan fingerprint density at radius 1 is 1.20 bits per heavy atom. The molecule has 0 amide bonds. The minimum atomic E-state index is -3.41. The lowest BCUT2D eigenvalue weighted by Gasteiger charge is -2.31. The zero-order valence-corrected chi connectivity index (χ0v) is 16.4. The van der Waals surface area contributed by atoms with Crippen molar-refractivity contribution in [2.75, 3.05) is 20.6 Å². The fraction of sp³-hybridized carbons (Fsp3) is 0.611. The molecule has 1 aliphatic carbocycles. The van der Waals surface area contributed by atoms with Crippen molar-refractivity contribution < 1.29 is 17.9 Å². The van der Waals surface area contributed by atoms with E-state index < -0.39 is 21.2 Å². The maximum absolute atomic E-state index is 12.9. The van der Waals surface area contributed by atoms with E-state index in [0.29, 0.717) is 30.0 Å². The monoisotopic (exact) mass is 387 g/mol. The number of carbonyl (C=O) groups excluding carboxylic acids is 1. The van der Waals surface area contributed by atoms with Crippen molar-refractivity contribution in [1.82, 2.24) is 4.90 Å². The minimum Gasteiger partial charge on any atom is -0.461 e. The summed E-state index contributed by atoms with van der Waals surface area (Å²) in [4.78, 5) is 13.9. The van der Waals surface area contributed by atoms with Crippen molar-refractivity contribution in [3.05, 3.63) is 34.9 Å². The second-order valence-electron chi connectivity index (χ2n) is 6.84. The first-order valence-electron chi connectivity index (χ1n) is 8.58. The van der Waals surface area contributed by atoms with Crippen LogP contribution in [0.3, 0.4) is 0 Å². The van der Waals surface area contributed by atoms with Crippen molar-refractivity contribution >= 4 is 27.4 Å². The lowest BCUT2D eigenvalue weighted by atomic mass is 9.97. The average molecular weight is 388 g/mol. The van der Waals surface area contributed by atoms with Gasteiger partial charge in [-0.2, -0.15) is 0 Å². The normalized spacial score (nSPS) is 21.3.